The van der Waals surface area contributed by atoms with Crippen LogP contribution in [0.3, 0.4) is 0 Å². The highest BCUT2D eigenvalue weighted by Crippen LogP contribution is 2.46. The molecule has 3 aromatic rings. The minimum atomic E-state index is -0.752. The van der Waals surface area contributed by atoms with Crippen LogP contribution in [-0.4, -0.2) is 32.4 Å². The predicted octanol–water partition coefficient (Wildman–Crippen LogP) is 6.56. The third-order valence-electron chi connectivity index (χ3n) is 5.35. The molecule has 0 heterocycles. The van der Waals surface area contributed by atoms with Crippen LogP contribution in [0.1, 0.15) is 19.3 Å². The summed E-state index contributed by atoms with van der Waals surface area (Å²) in [6, 6.07) is 24.0. The van der Waals surface area contributed by atoms with Crippen LogP contribution in [0.25, 0.3) is 22.3 Å². The first-order valence-electron chi connectivity index (χ1n) is 10.1. The summed E-state index contributed by atoms with van der Waals surface area (Å²) in [7, 11) is 0. The number of thioether (sulfide) groups is 2. The van der Waals surface area contributed by atoms with E-state index in [4.69, 9.17) is 5.11 Å². The van der Waals surface area contributed by atoms with Gasteiger partial charge >= 0.3 is 5.97 Å². The lowest BCUT2D eigenvalue weighted by Crippen LogP contribution is -2.15. The van der Waals surface area contributed by atoms with E-state index >= 15 is 0 Å². The van der Waals surface area contributed by atoms with Gasteiger partial charge in [-0.25, -0.2) is 0 Å². The molecular weight excluding hydrogens is 412 g/mol. The molecule has 154 valence electrons. The number of carboxylic acid groups (broad SMARTS) is 1. The smallest absolute Gasteiger partial charge is 0.313 e. The lowest BCUT2D eigenvalue weighted by molar-refractivity contribution is -0.133. The maximum atomic E-state index is 11.1. The topological polar surface area (TPSA) is 57.5 Å². The van der Waals surface area contributed by atoms with Gasteiger partial charge in [0.05, 0.1) is 5.75 Å². The number of aliphatic carboxylic acids is 1. The molecule has 0 spiro atoms. The van der Waals surface area contributed by atoms with Crippen LogP contribution in [0.2, 0.25) is 0 Å². The Morgan fingerprint density at radius 1 is 0.867 bits per heavy atom. The van der Waals surface area contributed by atoms with Crippen LogP contribution in [0.5, 0.6) is 5.75 Å². The number of hydrogen-bond donors (Lipinski definition) is 2. The van der Waals surface area contributed by atoms with E-state index in [1.165, 1.54) is 0 Å². The van der Waals surface area contributed by atoms with Gasteiger partial charge in [0.2, 0.25) is 0 Å². The van der Waals surface area contributed by atoms with E-state index in [1.807, 2.05) is 72.4 Å². The molecule has 2 N–H and O–H groups in total. The Morgan fingerprint density at radius 3 is 1.93 bits per heavy atom. The van der Waals surface area contributed by atoms with E-state index < -0.39 is 5.97 Å². The van der Waals surface area contributed by atoms with E-state index in [0.29, 0.717) is 16.2 Å². The van der Waals surface area contributed by atoms with Crippen molar-refractivity contribution in [3.8, 4) is 28.0 Å². The molecule has 1 aliphatic rings. The zero-order valence-corrected chi connectivity index (χ0v) is 18.2. The Balaban J connectivity index is 1.70. The van der Waals surface area contributed by atoms with E-state index in [9.17, 15) is 9.90 Å². The molecule has 0 radical (unpaired) electrons. The minimum absolute atomic E-state index is 0.155. The highest BCUT2D eigenvalue weighted by Gasteiger charge is 2.29. The molecule has 1 fully saturated rings. The second-order valence-corrected chi connectivity index (χ2v) is 9.97. The van der Waals surface area contributed by atoms with Crippen LogP contribution in [0, 0.1) is 0 Å². The number of aromatic hydroxyl groups is 1. The summed E-state index contributed by atoms with van der Waals surface area (Å²) >= 11 is 3.37. The van der Waals surface area contributed by atoms with Gasteiger partial charge in [-0.2, -0.15) is 0 Å². The Kier molecular flexibility index (Phi) is 6.70. The summed E-state index contributed by atoms with van der Waals surface area (Å²) in [6.07, 6.45) is 3.28. The first-order valence-corrected chi connectivity index (χ1v) is 12.0. The van der Waals surface area contributed by atoms with Crippen LogP contribution >= 0.6 is 23.5 Å². The monoisotopic (exact) mass is 436 g/mol. The van der Waals surface area contributed by atoms with Gasteiger partial charge < -0.3 is 10.2 Å². The van der Waals surface area contributed by atoms with Crippen molar-refractivity contribution in [1.29, 1.82) is 0 Å². The number of carboxylic acids is 1. The number of phenolic OH excluding ortho intramolecular Hbond substituents is 1. The summed E-state index contributed by atoms with van der Waals surface area (Å²) in [5.41, 5.74) is 3.62. The molecule has 3 nitrogen and oxygen atoms in total. The highest BCUT2D eigenvalue weighted by atomic mass is 32.2. The van der Waals surface area contributed by atoms with Gasteiger partial charge in [0, 0.05) is 26.5 Å². The predicted molar refractivity (Wildman–Crippen MR) is 126 cm³/mol. The van der Waals surface area contributed by atoms with Gasteiger partial charge in [-0.1, -0.05) is 67.1 Å². The maximum absolute atomic E-state index is 11.1. The zero-order valence-electron chi connectivity index (χ0n) is 16.5. The summed E-state index contributed by atoms with van der Waals surface area (Å²) in [6.45, 7) is 0. The van der Waals surface area contributed by atoms with Crippen LogP contribution in [-0.2, 0) is 4.79 Å². The standard InChI is InChI=1S/C25H24O3S2/c26-24(27)16-29-22-12-7-13-23(22)30-19-14-20(17-8-3-1-4-9-17)25(28)21(15-19)18-10-5-2-6-11-18/h1-6,8-11,14-15,22-23,28H,7,12-13,16H2,(H,26,27)/t22-,23-/m1/s1. The largest absolute Gasteiger partial charge is 0.507 e. The van der Waals surface area contributed by atoms with Crippen molar-refractivity contribution in [3.05, 3.63) is 72.8 Å². The number of benzene rings is 3. The summed E-state index contributed by atoms with van der Waals surface area (Å²) in [4.78, 5) is 12.1. The Hall–Kier alpha value is -2.37. The van der Waals surface area contributed by atoms with Gasteiger partial charge in [-0.15, -0.1) is 23.5 Å². The minimum Gasteiger partial charge on any atom is -0.507 e. The van der Waals surface area contributed by atoms with Crippen molar-refractivity contribution in [2.45, 2.75) is 34.7 Å². The molecule has 5 heteroatoms. The van der Waals surface area contributed by atoms with Crippen molar-refractivity contribution in [1.82, 2.24) is 0 Å². The summed E-state index contributed by atoms with van der Waals surface area (Å²) in [5.74, 6) is -0.306. The van der Waals surface area contributed by atoms with Crippen molar-refractivity contribution in [2.75, 3.05) is 5.75 Å². The van der Waals surface area contributed by atoms with Crippen molar-refractivity contribution < 1.29 is 15.0 Å². The van der Waals surface area contributed by atoms with Crippen molar-refractivity contribution in [3.63, 3.8) is 0 Å². The molecule has 0 unspecified atom stereocenters. The fraction of sp³-hybridized carbons (Fsp3) is 0.240. The lowest BCUT2D eigenvalue weighted by Gasteiger charge is -2.20. The molecule has 0 saturated heterocycles. The highest BCUT2D eigenvalue weighted by molar-refractivity contribution is 8.04. The van der Waals surface area contributed by atoms with Crippen molar-refractivity contribution >= 4 is 29.5 Å². The molecule has 0 amide bonds. The van der Waals surface area contributed by atoms with Gasteiger partial charge in [-0.05, 0) is 36.1 Å². The fourth-order valence-corrected chi connectivity index (χ4v) is 6.66. The van der Waals surface area contributed by atoms with Gasteiger partial charge in [0.15, 0.2) is 0 Å². The van der Waals surface area contributed by atoms with Crippen LogP contribution < -0.4 is 0 Å². The SMILES string of the molecule is O=C(O)CS[C@@H]1CCC[C@H]1Sc1cc(-c2ccccc2)c(O)c(-c2ccccc2)c1. The molecule has 3 aromatic carbocycles. The van der Waals surface area contributed by atoms with E-state index in [-0.39, 0.29) is 5.75 Å². The quantitative estimate of drug-likeness (QED) is 0.439. The molecule has 4 rings (SSSR count). The molecule has 0 aromatic heterocycles. The molecule has 0 aliphatic heterocycles. The van der Waals surface area contributed by atoms with Crippen LogP contribution in [0.15, 0.2) is 77.7 Å². The number of carbonyl (C=O) groups is 1. The van der Waals surface area contributed by atoms with Gasteiger partial charge in [0.25, 0.3) is 0 Å². The molecule has 2 atom stereocenters. The molecule has 1 aliphatic carbocycles. The third kappa shape index (κ3) is 4.85. The molecular formula is C25H24O3S2. The van der Waals surface area contributed by atoms with Crippen molar-refractivity contribution in [2.24, 2.45) is 0 Å². The zero-order chi connectivity index (χ0) is 20.9. The molecule has 30 heavy (non-hydrogen) atoms. The number of phenols is 1. The molecule has 0 bridgehead atoms. The Bertz CT molecular complexity index is 945. The third-order valence-corrected chi connectivity index (χ3v) is 8.31. The lowest BCUT2D eigenvalue weighted by atomic mass is 9.97. The number of hydrogen-bond acceptors (Lipinski definition) is 4. The van der Waals surface area contributed by atoms with E-state index in [1.54, 1.807) is 11.8 Å². The molecule has 1 saturated carbocycles. The number of rotatable bonds is 7. The fourth-order valence-electron chi connectivity index (χ4n) is 3.92. The average Bonchev–Trinajstić information content (AvgIpc) is 3.21. The first kappa shape index (κ1) is 20.9. The van der Waals surface area contributed by atoms with E-state index in [2.05, 4.69) is 12.1 Å². The van der Waals surface area contributed by atoms with Crippen LogP contribution in [0.4, 0.5) is 0 Å². The van der Waals surface area contributed by atoms with Gasteiger partial charge in [0.1, 0.15) is 5.75 Å². The normalized spacial score (nSPS) is 18.4. The second-order valence-electron chi connectivity index (χ2n) is 7.43. The summed E-state index contributed by atoms with van der Waals surface area (Å²) < 4.78 is 0. The second kappa shape index (κ2) is 9.63. The summed E-state index contributed by atoms with van der Waals surface area (Å²) in [5, 5.41) is 20.9. The first-order chi connectivity index (χ1) is 14.6. The maximum Gasteiger partial charge on any atom is 0.313 e. The van der Waals surface area contributed by atoms with E-state index in [0.717, 1.165) is 46.4 Å². The Labute approximate surface area is 185 Å². The Morgan fingerprint density at radius 2 is 1.40 bits per heavy atom. The average molecular weight is 437 g/mol. The van der Waals surface area contributed by atoms with Gasteiger partial charge in [-0.3, -0.25) is 4.79 Å².